The third-order valence-corrected chi connectivity index (χ3v) is 6.35. The van der Waals surface area contributed by atoms with Crippen LogP contribution in [0.1, 0.15) is 35.7 Å². The van der Waals surface area contributed by atoms with E-state index >= 15 is 0 Å². The minimum absolute atomic E-state index is 0.0281. The third-order valence-electron chi connectivity index (χ3n) is 6.35. The van der Waals surface area contributed by atoms with Crippen LogP contribution < -0.4 is 5.32 Å². The van der Waals surface area contributed by atoms with Gasteiger partial charge in [0.05, 0.1) is 18.2 Å². The number of carbonyl (C=O) groups excluding carboxylic acids is 1. The van der Waals surface area contributed by atoms with Crippen LogP contribution in [0.3, 0.4) is 0 Å². The molecular formula is C20H26N2O4. The van der Waals surface area contributed by atoms with Crippen LogP contribution in [0.25, 0.3) is 0 Å². The molecule has 0 aliphatic carbocycles. The topological polar surface area (TPSA) is 78.9 Å². The SMILES string of the molecule is CCc1ccccc1C(=O)NC[C@H]1[C@H]2CN(CC(=O)O)C[C@]23CC[C@H]1O3. The number of fused-ring (bicyclic) bond motifs is 1. The van der Waals surface area contributed by atoms with Crippen molar-refractivity contribution in [1.29, 1.82) is 0 Å². The lowest BCUT2D eigenvalue weighted by molar-refractivity contribution is -0.138. The van der Waals surface area contributed by atoms with Crippen LogP contribution in [0, 0.1) is 11.8 Å². The molecule has 1 aromatic rings. The summed E-state index contributed by atoms with van der Waals surface area (Å²) in [4.78, 5) is 25.7. The molecule has 1 amide bonds. The molecule has 4 rings (SSSR count). The fraction of sp³-hybridized carbons (Fsp3) is 0.600. The second kappa shape index (κ2) is 6.67. The number of amides is 1. The molecule has 3 fully saturated rings. The van der Waals surface area contributed by atoms with Crippen LogP contribution in [0.4, 0.5) is 0 Å². The molecule has 2 N–H and O–H groups in total. The molecule has 0 saturated carbocycles. The molecule has 4 atom stereocenters. The highest BCUT2D eigenvalue weighted by Gasteiger charge is 2.62. The van der Waals surface area contributed by atoms with Crippen LogP contribution in [0.5, 0.6) is 0 Å². The molecule has 3 heterocycles. The van der Waals surface area contributed by atoms with Gasteiger partial charge in [0.15, 0.2) is 0 Å². The lowest BCUT2D eigenvalue weighted by Gasteiger charge is -2.29. The summed E-state index contributed by atoms with van der Waals surface area (Å²) in [6.45, 7) is 4.15. The molecular weight excluding hydrogens is 332 g/mol. The number of carboxylic acid groups (broad SMARTS) is 1. The van der Waals surface area contributed by atoms with Crippen molar-refractivity contribution < 1.29 is 19.4 Å². The number of carbonyl (C=O) groups is 2. The van der Waals surface area contributed by atoms with Crippen molar-refractivity contribution in [3.05, 3.63) is 35.4 Å². The van der Waals surface area contributed by atoms with E-state index in [1.807, 2.05) is 29.2 Å². The van der Waals surface area contributed by atoms with E-state index in [4.69, 9.17) is 9.84 Å². The Labute approximate surface area is 153 Å². The number of likely N-dealkylation sites (tertiary alicyclic amines) is 1. The van der Waals surface area contributed by atoms with Crippen molar-refractivity contribution in [2.45, 2.75) is 37.9 Å². The fourth-order valence-corrected chi connectivity index (χ4v) is 5.23. The van der Waals surface area contributed by atoms with Gasteiger partial charge in [-0.3, -0.25) is 14.5 Å². The summed E-state index contributed by atoms with van der Waals surface area (Å²) in [5.41, 5.74) is 1.60. The molecule has 0 radical (unpaired) electrons. The number of aryl methyl sites for hydroxylation is 1. The molecule has 1 spiro atoms. The number of hydrogen-bond acceptors (Lipinski definition) is 4. The Morgan fingerprint density at radius 1 is 1.38 bits per heavy atom. The number of rotatable bonds is 6. The Bertz CT molecular complexity index is 722. The van der Waals surface area contributed by atoms with E-state index < -0.39 is 5.97 Å². The average molecular weight is 358 g/mol. The monoisotopic (exact) mass is 358 g/mol. The van der Waals surface area contributed by atoms with E-state index in [1.165, 1.54) is 0 Å². The predicted octanol–water partition coefficient (Wildman–Crippen LogP) is 1.54. The standard InChI is InChI=1S/C20H26N2O4/c1-2-13-5-3-4-6-14(13)19(25)21-9-15-16-10-22(11-18(23)24)12-20(16)8-7-17(15)26-20/h3-6,15-17H,2,7-12H2,1H3,(H,21,25)(H,23,24)/t15-,16+,17+,20+/m0/s1. The van der Waals surface area contributed by atoms with Gasteiger partial charge in [-0.1, -0.05) is 25.1 Å². The summed E-state index contributed by atoms with van der Waals surface area (Å²) < 4.78 is 6.31. The normalized spacial score (nSPS) is 32.6. The Kier molecular flexibility index (Phi) is 4.49. The van der Waals surface area contributed by atoms with Crippen molar-refractivity contribution in [2.24, 2.45) is 11.8 Å². The summed E-state index contributed by atoms with van der Waals surface area (Å²) in [7, 11) is 0. The van der Waals surface area contributed by atoms with Crippen LogP contribution in [0.15, 0.2) is 24.3 Å². The zero-order valence-electron chi connectivity index (χ0n) is 15.1. The lowest BCUT2D eigenvalue weighted by Crippen LogP contribution is -2.42. The second-order valence-corrected chi connectivity index (χ2v) is 7.81. The molecule has 0 aromatic heterocycles. The second-order valence-electron chi connectivity index (χ2n) is 7.81. The third kappa shape index (κ3) is 2.91. The number of hydrogen-bond donors (Lipinski definition) is 2. The highest BCUT2D eigenvalue weighted by atomic mass is 16.5. The average Bonchev–Trinajstić information content (AvgIpc) is 3.26. The number of carboxylic acids is 1. The van der Waals surface area contributed by atoms with Crippen LogP contribution >= 0.6 is 0 Å². The van der Waals surface area contributed by atoms with Crippen molar-refractivity contribution >= 4 is 11.9 Å². The molecule has 26 heavy (non-hydrogen) atoms. The molecule has 0 unspecified atom stereocenters. The Hall–Kier alpha value is -1.92. The van der Waals surface area contributed by atoms with Gasteiger partial charge in [0, 0.05) is 37.0 Å². The summed E-state index contributed by atoms with van der Waals surface area (Å²) in [5, 5.41) is 12.2. The maximum absolute atomic E-state index is 12.6. The van der Waals surface area contributed by atoms with Gasteiger partial charge < -0.3 is 15.2 Å². The number of benzene rings is 1. The van der Waals surface area contributed by atoms with E-state index in [2.05, 4.69) is 12.2 Å². The Morgan fingerprint density at radius 3 is 2.96 bits per heavy atom. The van der Waals surface area contributed by atoms with Gasteiger partial charge in [0.2, 0.25) is 0 Å². The van der Waals surface area contributed by atoms with Crippen LogP contribution in [-0.2, 0) is 16.0 Å². The summed E-state index contributed by atoms with van der Waals surface area (Å²) in [6, 6.07) is 7.71. The molecule has 3 aliphatic rings. The van der Waals surface area contributed by atoms with E-state index in [1.54, 1.807) is 0 Å². The molecule has 2 bridgehead atoms. The van der Waals surface area contributed by atoms with Crippen molar-refractivity contribution in [3.63, 3.8) is 0 Å². The van der Waals surface area contributed by atoms with Gasteiger partial charge in [0.25, 0.3) is 5.91 Å². The molecule has 1 aromatic carbocycles. The van der Waals surface area contributed by atoms with Gasteiger partial charge >= 0.3 is 5.97 Å². The predicted molar refractivity (Wildman–Crippen MR) is 96.0 cm³/mol. The molecule has 140 valence electrons. The first-order chi connectivity index (χ1) is 12.5. The van der Waals surface area contributed by atoms with Gasteiger partial charge in [-0.2, -0.15) is 0 Å². The van der Waals surface area contributed by atoms with E-state index in [9.17, 15) is 9.59 Å². The zero-order chi connectivity index (χ0) is 18.3. The van der Waals surface area contributed by atoms with E-state index in [0.717, 1.165) is 36.9 Å². The quantitative estimate of drug-likeness (QED) is 0.807. The molecule has 3 saturated heterocycles. The van der Waals surface area contributed by atoms with Gasteiger partial charge in [0.1, 0.15) is 0 Å². The minimum Gasteiger partial charge on any atom is -0.480 e. The summed E-state index contributed by atoms with van der Waals surface area (Å²) in [6.07, 6.45) is 3.02. The van der Waals surface area contributed by atoms with Crippen LogP contribution in [-0.4, -0.2) is 59.8 Å². The first-order valence-corrected chi connectivity index (χ1v) is 9.50. The summed E-state index contributed by atoms with van der Waals surface area (Å²) in [5.74, 6) is -0.251. The lowest BCUT2D eigenvalue weighted by atomic mass is 9.73. The molecule has 3 aliphatic heterocycles. The number of nitrogens with zero attached hydrogens (tertiary/aromatic N) is 1. The van der Waals surface area contributed by atoms with Gasteiger partial charge in [-0.25, -0.2) is 0 Å². The maximum Gasteiger partial charge on any atom is 0.317 e. The molecule has 6 nitrogen and oxygen atoms in total. The van der Waals surface area contributed by atoms with E-state index in [0.29, 0.717) is 19.0 Å². The van der Waals surface area contributed by atoms with E-state index in [-0.39, 0.29) is 30.1 Å². The fourth-order valence-electron chi connectivity index (χ4n) is 5.23. The Balaban J connectivity index is 1.43. The number of ether oxygens (including phenoxy) is 1. The maximum atomic E-state index is 12.6. The number of aliphatic carboxylic acids is 1. The summed E-state index contributed by atoms with van der Waals surface area (Å²) >= 11 is 0. The molecule has 6 heteroatoms. The first-order valence-electron chi connectivity index (χ1n) is 9.50. The van der Waals surface area contributed by atoms with Crippen molar-refractivity contribution in [2.75, 3.05) is 26.2 Å². The smallest absolute Gasteiger partial charge is 0.317 e. The minimum atomic E-state index is -0.794. The highest BCUT2D eigenvalue weighted by molar-refractivity contribution is 5.95. The largest absolute Gasteiger partial charge is 0.480 e. The van der Waals surface area contributed by atoms with Crippen molar-refractivity contribution in [1.82, 2.24) is 10.2 Å². The number of nitrogens with one attached hydrogen (secondary N) is 1. The van der Waals surface area contributed by atoms with Crippen LogP contribution in [0.2, 0.25) is 0 Å². The Morgan fingerprint density at radius 2 is 2.19 bits per heavy atom. The van der Waals surface area contributed by atoms with Gasteiger partial charge in [-0.15, -0.1) is 0 Å². The van der Waals surface area contributed by atoms with Crippen molar-refractivity contribution in [3.8, 4) is 0 Å². The first kappa shape index (κ1) is 17.5. The highest BCUT2D eigenvalue weighted by Crippen LogP contribution is 2.54. The van der Waals surface area contributed by atoms with Gasteiger partial charge in [-0.05, 0) is 30.9 Å². The zero-order valence-corrected chi connectivity index (χ0v) is 15.1.